The van der Waals surface area contributed by atoms with Crippen LogP contribution in [0.3, 0.4) is 0 Å². The van der Waals surface area contributed by atoms with Crippen LogP contribution in [0.1, 0.15) is 46.5 Å². The van der Waals surface area contributed by atoms with Crippen LogP contribution in [0.15, 0.2) is 0 Å². The van der Waals surface area contributed by atoms with E-state index in [1.807, 2.05) is 0 Å². The minimum atomic E-state index is 0.0294. The Morgan fingerprint density at radius 3 is 2.32 bits per heavy atom. The van der Waals surface area contributed by atoms with Gasteiger partial charge in [-0.3, -0.25) is 0 Å². The van der Waals surface area contributed by atoms with Crippen LogP contribution >= 0.6 is 0 Å². The molecule has 2 amide bonds. The Balaban J connectivity index is 1.63. The van der Waals surface area contributed by atoms with E-state index in [9.17, 15) is 4.79 Å². The van der Waals surface area contributed by atoms with Gasteiger partial charge in [0.15, 0.2) is 0 Å². The van der Waals surface area contributed by atoms with E-state index in [-0.39, 0.29) is 6.03 Å². The average Bonchev–Trinajstić information content (AvgIpc) is 3.14. The van der Waals surface area contributed by atoms with Gasteiger partial charge < -0.3 is 15.5 Å². The summed E-state index contributed by atoms with van der Waals surface area (Å²) in [5, 5.41) is 6.20. The van der Waals surface area contributed by atoms with Gasteiger partial charge in [0.25, 0.3) is 0 Å². The summed E-state index contributed by atoms with van der Waals surface area (Å²) in [6.07, 6.45) is 4.71. The molecule has 1 atom stereocenters. The third-order valence-electron chi connectivity index (χ3n) is 4.23. The van der Waals surface area contributed by atoms with E-state index < -0.39 is 0 Å². The maximum atomic E-state index is 11.9. The van der Waals surface area contributed by atoms with Crippen molar-refractivity contribution >= 4 is 6.03 Å². The first-order chi connectivity index (χ1) is 9.04. The molecule has 4 heteroatoms. The third kappa shape index (κ3) is 5.01. The van der Waals surface area contributed by atoms with Crippen LogP contribution in [0.4, 0.5) is 4.79 Å². The molecule has 2 aliphatic rings. The summed E-state index contributed by atoms with van der Waals surface area (Å²) in [6.45, 7) is 10.0. The molecule has 1 aliphatic carbocycles. The number of nitrogens with zero attached hydrogens (tertiary/aromatic N) is 1. The molecule has 19 heavy (non-hydrogen) atoms. The number of likely N-dealkylation sites (tertiary alicyclic amines) is 1. The highest BCUT2D eigenvalue weighted by Gasteiger charge is 2.29. The van der Waals surface area contributed by atoms with Crippen molar-refractivity contribution in [3.05, 3.63) is 0 Å². The number of carbonyl (C=O) groups excluding carboxylic acids is 1. The van der Waals surface area contributed by atoms with E-state index in [1.54, 1.807) is 0 Å². The van der Waals surface area contributed by atoms with Gasteiger partial charge in [0.1, 0.15) is 0 Å². The lowest BCUT2D eigenvalue weighted by Crippen LogP contribution is -2.50. The summed E-state index contributed by atoms with van der Waals surface area (Å²) in [5.74, 6) is 1.45. The van der Waals surface area contributed by atoms with Crippen LogP contribution in [0, 0.1) is 11.8 Å². The van der Waals surface area contributed by atoms with Gasteiger partial charge >= 0.3 is 6.03 Å². The van der Waals surface area contributed by atoms with Crippen molar-refractivity contribution in [2.24, 2.45) is 11.8 Å². The third-order valence-corrected chi connectivity index (χ3v) is 4.23. The molecular formula is C15H29N3O. The fourth-order valence-corrected chi connectivity index (χ4v) is 2.92. The molecule has 1 unspecified atom stereocenters. The lowest BCUT2D eigenvalue weighted by molar-refractivity contribution is 0.177. The van der Waals surface area contributed by atoms with Gasteiger partial charge in [-0.1, -0.05) is 13.8 Å². The van der Waals surface area contributed by atoms with Crippen molar-refractivity contribution in [3.8, 4) is 0 Å². The van der Waals surface area contributed by atoms with Crippen LogP contribution in [0.2, 0.25) is 0 Å². The van der Waals surface area contributed by atoms with Gasteiger partial charge in [-0.2, -0.15) is 0 Å². The molecule has 2 N–H and O–H groups in total. The molecule has 0 bridgehead atoms. The summed E-state index contributed by atoms with van der Waals surface area (Å²) in [4.78, 5) is 14.4. The van der Waals surface area contributed by atoms with Crippen molar-refractivity contribution in [2.75, 3.05) is 19.6 Å². The number of rotatable bonds is 5. The van der Waals surface area contributed by atoms with Crippen LogP contribution in [0.5, 0.6) is 0 Å². The minimum absolute atomic E-state index is 0.0294. The molecule has 0 spiro atoms. The average molecular weight is 267 g/mol. The fraction of sp³-hybridized carbons (Fsp3) is 0.933. The van der Waals surface area contributed by atoms with E-state index in [0.29, 0.717) is 12.1 Å². The molecule has 4 nitrogen and oxygen atoms in total. The molecule has 0 radical (unpaired) electrons. The van der Waals surface area contributed by atoms with Gasteiger partial charge in [-0.15, -0.1) is 0 Å². The smallest absolute Gasteiger partial charge is 0.315 e. The number of carbonyl (C=O) groups is 1. The molecule has 2 rings (SSSR count). The van der Waals surface area contributed by atoms with Gasteiger partial charge in [0.2, 0.25) is 0 Å². The standard InChI is InChI=1S/C15H29N3O/c1-11(2)10-18-8-6-14(7-9-18)17-15(19)16-12(3)13-4-5-13/h11-14H,4-10H2,1-3H3,(H2,16,17,19). The molecule has 0 aromatic carbocycles. The summed E-state index contributed by atoms with van der Waals surface area (Å²) < 4.78 is 0. The second-order valence-electron chi connectivity index (χ2n) is 6.71. The fourth-order valence-electron chi connectivity index (χ4n) is 2.92. The quantitative estimate of drug-likeness (QED) is 0.802. The zero-order chi connectivity index (χ0) is 13.8. The Labute approximate surface area is 117 Å². The zero-order valence-corrected chi connectivity index (χ0v) is 12.6. The summed E-state index contributed by atoms with van der Waals surface area (Å²) in [7, 11) is 0. The maximum absolute atomic E-state index is 11.9. The van der Waals surface area contributed by atoms with Crippen LogP contribution in [-0.4, -0.2) is 42.6 Å². The van der Waals surface area contributed by atoms with E-state index in [2.05, 4.69) is 36.3 Å². The number of urea groups is 1. The first-order valence-electron chi connectivity index (χ1n) is 7.84. The number of hydrogen-bond donors (Lipinski definition) is 2. The van der Waals surface area contributed by atoms with Crippen molar-refractivity contribution < 1.29 is 4.79 Å². The summed E-state index contributed by atoms with van der Waals surface area (Å²) >= 11 is 0. The molecule has 0 aromatic rings. The van der Waals surface area contributed by atoms with E-state index in [4.69, 9.17) is 0 Å². The molecular weight excluding hydrogens is 238 g/mol. The largest absolute Gasteiger partial charge is 0.335 e. The van der Waals surface area contributed by atoms with Crippen LogP contribution < -0.4 is 10.6 Å². The van der Waals surface area contributed by atoms with E-state index >= 15 is 0 Å². The number of hydrogen-bond acceptors (Lipinski definition) is 2. The molecule has 2 fully saturated rings. The van der Waals surface area contributed by atoms with Crippen molar-refractivity contribution in [2.45, 2.75) is 58.5 Å². The monoisotopic (exact) mass is 267 g/mol. The van der Waals surface area contributed by atoms with E-state index in [1.165, 1.54) is 19.4 Å². The SMILES string of the molecule is CC(C)CN1CCC(NC(=O)NC(C)C2CC2)CC1. The summed E-state index contributed by atoms with van der Waals surface area (Å²) in [5.41, 5.74) is 0. The summed E-state index contributed by atoms with van der Waals surface area (Å²) in [6, 6.07) is 0.720. The molecule has 110 valence electrons. The van der Waals surface area contributed by atoms with Crippen molar-refractivity contribution in [3.63, 3.8) is 0 Å². The van der Waals surface area contributed by atoms with Crippen molar-refractivity contribution in [1.82, 2.24) is 15.5 Å². The van der Waals surface area contributed by atoms with Crippen LogP contribution in [0.25, 0.3) is 0 Å². The Bertz CT molecular complexity index is 294. The molecule has 1 saturated carbocycles. The predicted molar refractivity (Wildman–Crippen MR) is 78.2 cm³/mol. The number of nitrogens with one attached hydrogen (secondary N) is 2. The highest BCUT2D eigenvalue weighted by molar-refractivity contribution is 5.74. The molecule has 1 saturated heterocycles. The van der Waals surface area contributed by atoms with Crippen molar-refractivity contribution in [1.29, 1.82) is 0 Å². The Morgan fingerprint density at radius 2 is 1.79 bits per heavy atom. The Hall–Kier alpha value is -0.770. The first-order valence-corrected chi connectivity index (χ1v) is 7.84. The first kappa shape index (κ1) is 14.6. The number of amides is 2. The Kier molecular flexibility index (Phi) is 5.08. The van der Waals surface area contributed by atoms with Gasteiger partial charge in [0, 0.05) is 31.7 Å². The van der Waals surface area contributed by atoms with Gasteiger partial charge in [0.05, 0.1) is 0 Å². The highest BCUT2D eigenvalue weighted by atomic mass is 16.2. The maximum Gasteiger partial charge on any atom is 0.315 e. The van der Waals surface area contributed by atoms with E-state index in [0.717, 1.165) is 37.8 Å². The number of piperidine rings is 1. The second kappa shape index (κ2) is 6.60. The lowest BCUT2D eigenvalue weighted by Gasteiger charge is -2.33. The zero-order valence-electron chi connectivity index (χ0n) is 12.6. The molecule has 0 aromatic heterocycles. The topological polar surface area (TPSA) is 44.4 Å². The van der Waals surface area contributed by atoms with Gasteiger partial charge in [-0.05, 0) is 44.4 Å². The van der Waals surface area contributed by atoms with Gasteiger partial charge in [-0.25, -0.2) is 4.79 Å². The van der Waals surface area contributed by atoms with Crippen LogP contribution in [-0.2, 0) is 0 Å². The highest BCUT2D eigenvalue weighted by Crippen LogP contribution is 2.32. The second-order valence-corrected chi connectivity index (χ2v) is 6.71. The molecule has 1 aliphatic heterocycles. The molecule has 1 heterocycles. The normalized spacial score (nSPS) is 23.4. The Morgan fingerprint density at radius 1 is 1.16 bits per heavy atom. The predicted octanol–water partition coefficient (Wildman–Crippen LogP) is 2.20. The lowest BCUT2D eigenvalue weighted by atomic mass is 10.0. The minimum Gasteiger partial charge on any atom is -0.335 e.